The molecule has 0 bridgehead atoms. The number of hydrogen-bond acceptors (Lipinski definition) is 6. The number of urea groups is 1. The third-order valence-electron chi connectivity index (χ3n) is 4.32. The molecule has 0 atom stereocenters. The maximum atomic E-state index is 12.2. The monoisotopic (exact) mass is 470 g/mol. The van der Waals surface area contributed by atoms with Crippen molar-refractivity contribution in [3.63, 3.8) is 0 Å². The van der Waals surface area contributed by atoms with Crippen molar-refractivity contribution in [2.75, 3.05) is 10.6 Å². The van der Waals surface area contributed by atoms with E-state index in [9.17, 15) is 18.0 Å². The van der Waals surface area contributed by atoms with E-state index < -0.39 is 12.4 Å². The Bertz CT molecular complexity index is 1260. The van der Waals surface area contributed by atoms with Crippen molar-refractivity contribution in [3.05, 3.63) is 78.7 Å². The largest absolute Gasteiger partial charge is 0.573 e. The first-order valence-corrected chi connectivity index (χ1v) is 9.86. The second kappa shape index (κ2) is 9.53. The Kier molecular flexibility index (Phi) is 6.35. The Morgan fingerprint density at radius 3 is 1.76 bits per heavy atom. The SMILES string of the molecule is Cc1nnc(-c2ccc(Oc3ccc(NC(=O)Nc4ccc(OC(F)(F)F)cc4)cc3)cc2)o1. The molecular weight excluding hydrogens is 453 g/mol. The fourth-order valence-corrected chi connectivity index (χ4v) is 2.85. The minimum atomic E-state index is -4.78. The number of anilines is 2. The number of amides is 2. The van der Waals surface area contributed by atoms with Crippen LogP contribution in [0.2, 0.25) is 0 Å². The lowest BCUT2D eigenvalue weighted by atomic mass is 10.2. The van der Waals surface area contributed by atoms with E-state index in [1.807, 2.05) is 0 Å². The van der Waals surface area contributed by atoms with E-state index in [-0.39, 0.29) is 5.75 Å². The summed E-state index contributed by atoms with van der Waals surface area (Å²) in [7, 11) is 0. The van der Waals surface area contributed by atoms with E-state index in [1.54, 1.807) is 55.5 Å². The molecule has 0 aliphatic rings. The van der Waals surface area contributed by atoms with Crippen molar-refractivity contribution >= 4 is 17.4 Å². The molecule has 2 amide bonds. The van der Waals surface area contributed by atoms with E-state index in [1.165, 1.54) is 12.1 Å². The predicted octanol–water partition coefficient (Wildman–Crippen LogP) is 6.38. The molecule has 0 saturated carbocycles. The molecule has 4 rings (SSSR count). The first-order chi connectivity index (χ1) is 16.2. The van der Waals surface area contributed by atoms with Gasteiger partial charge in [-0.05, 0) is 72.8 Å². The van der Waals surface area contributed by atoms with Crippen molar-refractivity contribution in [3.8, 4) is 28.7 Å². The van der Waals surface area contributed by atoms with Crippen LogP contribution in [0.15, 0.2) is 77.2 Å². The average Bonchev–Trinajstić information content (AvgIpc) is 3.22. The topological polar surface area (TPSA) is 98.5 Å². The van der Waals surface area contributed by atoms with Gasteiger partial charge in [-0.2, -0.15) is 0 Å². The number of halogens is 3. The molecule has 0 fully saturated rings. The Hall–Kier alpha value is -4.54. The summed E-state index contributed by atoms with van der Waals surface area (Å²) in [6.45, 7) is 1.71. The minimum Gasteiger partial charge on any atom is -0.457 e. The molecule has 0 saturated heterocycles. The van der Waals surface area contributed by atoms with Crippen LogP contribution in [-0.2, 0) is 0 Å². The summed E-state index contributed by atoms with van der Waals surface area (Å²) in [5.74, 6) is 1.66. The quantitative estimate of drug-likeness (QED) is 0.339. The van der Waals surface area contributed by atoms with Gasteiger partial charge in [-0.3, -0.25) is 0 Å². The zero-order valence-corrected chi connectivity index (χ0v) is 17.6. The standard InChI is InChI=1S/C23H17F3N4O4/c1-14-29-30-21(32-14)15-2-8-18(9-3-15)33-19-10-4-16(5-11-19)27-22(31)28-17-6-12-20(13-7-17)34-23(24,25)26/h2-13H,1H3,(H2,27,28,31). The number of carbonyl (C=O) groups is 1. The van der Waals surface area contributed by atoms with Crippen LogP contribution in [0.3, 0.4) is 0 Å². The second-order valence-corrected chi connectivity index (χ2v) is 6.93. The average molecular weight is 470 g/mol. The van der Waals surface area contributed by atoms with Gasteiger partial charge in [0.25, 0.3) is 0 Å². The van der Waals surface area contributed by atoms with Gasteiger partial charge < -0.3 is 24.5 Å². The molecular formula is C23H17F3N4O4. The maximum absolute atomic E-state index is 12.2. The fraction of sp³-hybridized carbons (Fsp3) is 0.0870. The molecule has 174 valence electrons. The highest BCUT2D eigenvalue weighted by molar-refractivity contribution is 5.99. The van der Waals surface area contributed by atoms with Crippen molar-refractivity contribution in [1.29, 1.82) is 0 Å². The van der Waals surface area contributed by atoms with Crippen molar-refractivity contribution in [2.45, 2.75) is 13.3 Å². The lowest BCUT2D eigenvalue weighted by molar-refractivity contribution is -0.274. The van der Waals surface area contributed by atoms with E-state index in [0.29, 0.717) is 34.7 Å². The molecule has 1 aromatic heterocycles. The molecule has 11 heteroatoms. The van der Waals surface area contributed by atoms with E-state index >= 15 is 0 Å². The van der Waals surface area contributed by atoms with Gasteiger partial charge in [0.1, 0.15) is 17.2 Å². The van der Waals surface area contributed by atoms with Gasteiger partial charge in [0.2, 0.25) is 11.8 Å². The third-order valence-corrected chi connectivity index (χ3v) is 4.32. The van der Waals surface area contributed by atoms with Crippen molar-refractivity contribution in [2.24, 2.45) is 0 Å². The molecule has 0 aliphatic carbocycles. The lowest BCUT2D eigenvalue weighted by Crippen LogP contribution is -2.19. The number of nitrogens with zero attached hydrogens (tertiary/aromatic N) is 2. The van der Waals surface area contributed by atoms with Crippen molar-refractivity contribution in [1.82, 2.24) is 10.2 Å². The molecule has 0 aliphatic heterocycles. The summed E-state index contributed by atoms with van der Waals surface area (Å²) in [6.07, 6.45) is -4.78. The maximum Gasteiger partial charge on any atom is 0.573 e. The van der Waals surface area contributed by atoms with Crippen molar-refractivity contribution < 1.29 is 31.9 Å². The summed E-state index contributed by atoms with van der Waals surface area (Å²) < 4.78 is 51.6. The Balaban J connectivity index is 1.30. The first kappa shape index (κ1) is 22.6. The van der Waals surface area contributed by atoms with Crippen LogP contribution in [0.5, 0.6) is 17.2 Å². The molecule has 0 spiro atoms. The summed E-state index contributed by atoms with van der Waals surface area (Å²) in [4.78, 5) is 12.1. The number of carbonyl (C=O) groups excluding carboxylic acids is 1. The first-order valence-electron chi connectivity index (χ1n) is 9.86. The Labute approximate surface area is 191 Å². The van der Waals surface area contributed by atoms with E-state index in [2.05, 4.69) is 25.6 Å². The third kappa shape index (κ3) is 6.25. The summed E-state index contributed by atoms with van der Waals surface area (Å²) in [5, 5.41) is 12.9. The smallest absolute Gasteiger partial charge is 0.457 e. The number of ether oxygens (including phenoxy) is 2. The van der Waals surface area contributed by atoms with Crippen LogP contribution in [0.25, 0.3) is 11.5 Å². The molecule has 2 N–H and O–H groups in total. The van der Waals surface area contributed by atoms with Crippen LogP contribution in [0, 0.1) is 6.92 Å². The Morgan fingerprint density at radius 2 is 1.29 bits per heavy atom. The second-order valence-electron chi connectivity index (χ2n) is 6.93. The number of hydrogen-bond donors (Lipinski definition) is 2. The van der Waals surface area contributed by atoms with Gasteiger partial charge in [-0.15, -0.1) is 23.4 Å². The number of benzene rings is 3. The highest BCUT2D eigenvalue weighted by atomic mass is 19.4. The van der Waals surface area contributed by atoms with Crippen LogP contribution in [0.1, 0.15) is 5.89 Å². The number of aromatic nitrogens is 2. The lowest BCUT2D eigenvalue weighted by Gasteiger charge is -2.11. The minimum absolute atomic E-state index is 0.297. The van der Waals surface area contributed by atoms with Gasteiger partial charge in [0.15, 0.2) is 0 Å². The van der Waals surface area contributed by atoms with Gasteiger partial charge >= 0.3 is 12.4 Å². The molecule has 34 heavy (non-hydrogen) atoms. The number of nitrogens with one attached hydrogen (secondary N) is 2. The van der Waals surface area contributed by atoms with E-state index in [4.69, 9.17) is 9.15 Å². The van der Waals surface area contributed by atoms with Gasteiger partial charge in [0.05, 0.1) is 0 Å². The number of alkyl halides is 3. The molecule has 8 nitrogen and oxygen atoms in total. The predicted molar refractivity (Wildman–Crippen MR) is 117 cm³/mol. The summed E-state index contributed by atoms with van der Waals surface area (Å²) >= 11 is 0. The fourth-order valence-electron chi connectivity index (χ4n) is 2.85. The van der Waals surface area contributed by atoms with Crippen LogP contribution < -0.4 is 20.1 Å². The van der Waals surface area contributed by atoms with E-state index in [0.717, 1.165) is 17.7 Å². The van der Waals surface area contributed by atoms with Crippen LogP contribution in [0.4, 0.5) is 29.3 Å². The molecule has 0 radical (unpaired) electrons. The molecule has 4 aromatic rings. The highest BCUT2D eigenvalue weighted by Crippen LogP contribution is 2.27. The van der Waals surface area contributed by atoms with Gasteiger partial charge in [-0.1, -0.05) is 0 Å². The zero-order chi connectivity index (χ0) is 24.1. The summed E-state index contributed by atoms with van der Waals surface area (Å²) in [5.41, 5.74) is 1.55. The number of rotatable bonds is 6. The summed E-state index contributed by atoms with van der Waals surface area (Å²) in [6, 6.07) is 18.0. The molecule has 1 heterocycles. The molecule has 3 aromatic carbocycles. The van der Waals surface area contributed by atoms with Crippen LogP contribution >= 0.6 is 0 Å². The zero-order valence-electron chi connectivity index (χ0n) is 17.6. The van der Waals surface area contributed by atoms with Gasteiger partial charge in [0, 0.05) is 23.9 Å². The van der Waals surface area contributed by atoms with Gasteiger partial charge in [-0.25, -0.2) is 4.79 Å². The normalized spacial score (nSPS) is 11.1. The van der Waals surface area contributed by atoms with Crippen LogP contribution in [-0.4, -0.2) is 22.6 Å². The Morgan fingerprint density at radius 1 is 0.794 bits per heavy atom. The molecule has 0 unspecified atom stereocenters. The number of aryl methyl sites for hydroxylation is 1. The highest BCUT2D eigenvalue weighted by Gasteiger charge is 2.30.